The van der Waals surface area contributed by atoms with Crippen LogP contribution >= 0.6 is 0 Å². The second kappa shape index (κ2) is 2.60. The van der Waals surface area contributed by atoms with E-state index in [2.05, 4.69) is 0 Å². The van der Waals surface area contributed by atoms with Gasteiger partial charge >= 0.3 is 0 Å². The maximum atomic E-state index is 10.5. The lowest BCUT2D eigenvalue weighted by Gasteiger charge is -2.04. The van der Waals surface area contributed by atoms with E-state index in [0.717, 1.165) is 0 Å². The van der Waals surface area contributed by atoms with Crippen LogP contribution in [0.3, 0.4) is 0 Å². The quantitative estimate of drug-likeness (QED) is 0.589. The van der Waals surface area contributed by atoms with Gasteiger partial charge in [-0.15, -0.1) is 0 Å². The smallest absolute Gasteiger partial charge is 0.229 e. The van der Waals surface area contributed by atoms with Crippen molar-refractivity contribution in [1.82, 2.24) is 0 Å². The monoisotopic (exact) mass is 143 g/mol. The fourth-order valence-electron chi connectivity index (χ4n) is 0.620. The molecule has 0 aromatic heterocycles. The van der Waals surface area contributed by atoms with Gasteiger partial charge in [-0.1, -0.05) is 0 Å². The maximum Gasteiger partial charge on any atom is 0.229 e. The number of hydrogen-bond donors (Lipinski definition) is 1. The molecule has 1 aliphatic heterocycles. The van der Waals surface area contributed by atoms with Crippen molar-refractivity contribution in [2.75, 3.05) is 6.79 Å². The number of nitrogens with two attached hydrogens (primary N) is 1. The summed E-state index contributed by atoms with van der Waals surface area (Å²) < 4.78 is 9.65. The molecule has 10 heavy (non-hydrogen) atoms. The second-order valence-electron chi connectivity index (χ2n) is 2.07. The molecule has 0 fully saturated rings. The molecule has 1 unspecified atom stereocenters. The summed E-state index contributed by atoms with van der Waals surface area (Å²) in [5.41, 5.74) is 5.00. The Balaban J connectivity index is 2.55. The van der Waals surface area contributed by atoms with E-state index >= 15 is 0 Å². The lowest BCUT2D eigenvalue weighted by Crippen LogP contribution is -2.22. The van der Waals surface area contributed by atoms with Gasteiger partial charge in [0, 0.05) is 0 Å². The first kappa shape index (κ1) is 6.92. The maximum absolute atomic E-state index is 10.5. The molecule has 0 aromatic rings. The van der Waals surface area contributed by atoms with Crippen molar-refractivity contribution in [3.8, 4) is 0 Å². The predicted octanol–water partition coefficient (Wildman–Crippen LogP) is -0.0465. The second-order valence-corrected chi connectivity index (χ2v) is 2.07. The zero-order chi connectivity index (χ0) is 7.56. The molecule has 1 aliphatic rings. The molecule has 0 spiro atoms. The first-order chi connectivity index (χ1) is 4.72. The summed E-state index contributed by atoms with van der Waals surface area (Å²) in [6, 6.07) is 0. The number of amides is 1. The van der Waals surface area contributed by atoms with Crippen molar-refractivity contribution in [2.45, 2.75) is 6.92 Å². The summed E-state index contributed by atoms with van der Waals surface area (Å²) >= 11 is 0. The highest BCUT2D eigenvalue weighted by atomic mass is 16.7. The molecule has 1 atom stereocenters. The summed E-state index contributed by atoms with van der Waals surface area (Å²) in [6.07, 6.45) is 1.41. The third-order valence-electron chi connectivity index (χ3n) is 1.35. The summed E-state index contributed by atoms with van der Waals surface area (Å²) in [5.74, 6) is -0.285. The molecule has 0 radical (unpaired) electrons. The average Bonchev–Trinajstić information content (AvgIpc) is 2.36. The molecule has 4 nitrogen and oxygen atoms in total. The van der Waals surface area contributed by atoms with Crippen LogP contribution in [-0.2, 0) is 14.3 Å². The molecule has 1 rings (SSSR count). The van der Waals surface area contributed by atoms with E-state index in [-0.39, 0.29) is 12.7 Å². The van der Waals surface area contributed by atoms with Crippen LogP contribution in [0.4, 0.5) is 0 Å². The minimum atomic E-state index is -0.406. The number of primary amides is 1. The minimum absolute atomic E-state index is 0.187. The summed E-state index contributed by atoms with van der Waals surface area (Å²) in [5, 5.41) is 0. The zero-order valence-electron chi connectivity index (χ0n) is 5.66. The van der Waals surface area contributed by atoms with Crippen LogP contribution in [0.2, 0.25) is 0 Å². The highest BCUT2D eigenvalue weighted by Gasteiger charge is 2.19. The van der Waals surface area contributed by atoms with Crippen LogP contribution in [0.25, 0.3) is 0 Å². The number of carbonyl (C=O) groups excluding carboxylic acids is 1. The SMILES string of the molecule is CC(C(N)=O)C1=COCO1. The van der Waals surface area contributed by atoms with Gasteiger partial charge in [-0.2, -0.15) is 0 Å². The van der Waals surface area contributed by atoms with Crippen LogP contribution in [-0.4, -0.2) is 12.7 Å². The average molecular weight is 143 g/mol. The van der Waals surface area contributed by atoms with Crippen LogP contribution in [0.15, 0.2) is 12.0 Å². The largest absolute Gasteiger partial charge is 0.462 e. The molecule has 56 valence electrons. The van der Waals surface area contributed by atoms with Crippen molar-refractivity contribution < 1.29 is 14.3 Å². The predicted molar refractivity (Wildman–Crippen MR) is 33.5 cm³/mol. The Labute approximate surface area is 58.6 Å². The first-order valence-corrected chi connectivity index (χ1v) is 2.95. The third kappa shape index (κ3) is 1.21. The molecule has 2 N–H and O–H groups in total. The molecule has 0 aromatic carbocycles. The third-order valence-corrected chi connectivity index (χ3v) is 1.35. The summed E-state index contributed by atoms with van der Waals surface area (Å²) in [7, 11) is 0. The lowest BCUT2D eigenvalue weighted by molar-refractivity contribution is -0.121. The molecular formula is C6H9NO3. The minimum Gasteiger partial charge on any atom is -0.462 e. The Morgan fingerprint density at radius 1 is 1.90 bits per heavy atom. The van der Waals surface area contributed by atoms with Crippen LogP contribution in [0.5, 0.6) is 0 Å². The number of hydrogen-bond acceptors (Lipinski definition) is 3. The van der Waals surface area contributed by atoms with E-state index in [1.54, 1.807) is 6.92 Å². The molecular weight excluding hydrogens is 134 g/mol. The summed E-state index contributed by atoms with van der Waals surface area (Å²) in [4.78, 5) is 10.5. The van der Waals surface area contributed by atoms with Crippen LogP contribution in [0.1, 0.15) is 6.92 Å². The van der Waals surface area contributed by atoms with Gasteiger partial charge in [0.05, 0.1) is 5.92 Å². The van der Waals surface area contributed by atoms with E-state index < -0.39 is 5.91 Å². The van der Waals surface area contributed by atoms with Crippen LogP contribution < -0.4 is 5.73 Å². The first-order valence-electron chi connectivity index (χ1n) is 2.95. The Morgan fingerprint density at radius 2 is 2.60 bits per heavy atom. The van der Waals surface area contributed by atoms with Gasteiger partial charge in [0.2, 0.25) is 12.7 Å². The highest BCUT2D eigenvalue weighted by molar-refractivity contribution is 5.78. The molecule has 0 bridgehead atoms. The van der Waals surface area contributed by atoms with Gasteiger partial charge in [0.1, 0.15) is 12.0 Å². The van der Waals surface area contributed by atoms with Crippen molar-refractivity contribution in [2.24, 2.45) is 11.7 Å². The normalized spacial score (nSPS) is 18.7. The van der Waals surface area contributed by atoms with E-state index in [9.17, 15) is 4.79 Å². The molecule has 1 amide bonds. The number of carbonyl (C=O) groups is 1. The van der Waals surface area contributed by atoms with Gasteiger partial charge in [-0.05, 0) is 6.92 Å². The zero-order valence-corrected chi connectivity index (χ0v) is 5.66. The standard InChI is InChI=1S/C6H9NO3/c1-4(6(7)8)5-2-9-3-10-5/h2,4H,3H2,1H3,(H2,7,8). The van der Waals surface area contributed by atoms with E-state index in [1.165, 1.54) is 6.26 Å². The van der Waals surface area contributed by atoms with Gasteiger partial charge < -0.3 is 15.2 Å². The lowest BCUT2D eigenvalue weighted by atomic mass is 10.1. The Bertz CT molecular complexity index is 176. The summed E-state index contributed by atoms with van der Waals surface area (Å²) in [6.45, 7) is 1.86. The van der Waals surface area contributed by atoms with Gasteiger partial charge in [-0.25, -0.2) is 0 Å². The Morgan fingerprint density at radius 3 is 3.00 bits per heavy atom. The fraction of sp³-hybridized carbons (Fsp3) is 0.500. The van der Waals surface area contributed by atoms with Crippen LogP contribution in [0, 0.1) is 5.92 Å². The number of rotatable bonds is 2. The van der Waals surface area contributed by atoms with E-state index in [4.69, 9.17) is 15.2 Å². The van der Waals surface area contributed by atoms with Crippen molar-refractivity contribution in [1.29, 1.82) is 0 Å². The fourth-order valence-corrected chi connectivity index (χ4v) is 0.620. The van der Waals surface area contributed by atoms with Gasteiger partial charge in [-0.3, -0.25) is 4.79 Å². The van der Waals surface area contributed by atoms with Crippen molar-refractivity contribution in [3.05, 3.63) is 12.0 Å². The van der Waals surface area contributed by atoms with Crippen molar-refractivity contribution in [3.63, 3.8) is 0 Å². The highest BCUT2D eigenvalue weighted by Crippen LogP contribution is 2.15. The van der Waals surface area contributed by atoms with E-state index in [0.29, 0.717) is 5.76 Å². The number of ether oxygens (including phenoxy) is 2. The van der Waals surface area contributed by atoms with Crippen molar-refractivity contribution >= 4 is 5.91 Å². The van der Waals surface area contributed by atoms with E-state index in [1.807, 2.05) is 0 Å². The molecule has 4 heteroatoms. The topological polar surface area (TPSA) is 61.6 Å². The molecule has 1 heterocycles. The molecule has 0 saturated carbocycles. The Kier molecular flexibility index (Phi) is 1.80. The molecule has 0 saturated heterocycles. The molecule has 0 aliphatic carbocycles. The van der Waals surface area contributed by atoms with Gasteiger partial charge in [0.15, 0.2) is 0 Å². The Hall–Kier alpha value is -1.19. The van der Waals surface area contributed by atoms with Gasteiger partial charge in [0.25, 0.3) is 0 Å².